The van der Waals surface area contributed by atoms with Gasteiger partial charge in [-0.15, -0.1) is 0 Å². The first kappa shape index (κ1) is 15.5. The Labute approximate surface area is 144 Å². The van der Waals surface area contributed by atoms with Crippen LogP contribution in [0, 0.1) is 0 Å². The molecule has 128 valence electrons. The molecule has 0 atom stereocenters. The van der Waals surface area contributed by atoms with Crippen LogP contribution in [0.4, 0.5) is 5.82 Å². The van der Waals surface area contributed by atoms with Crippen LogP contribution < -0.4 is 10.6 Å². The van der Waals surface area contributed by atoms with Gasteiger partial charge in [-0.1, -0.05) is 6.07 Å². The Hall–Kier alpha value is -3.00. The zero-order valence-corrected chi connectivity index (χ0v) is 13.5. The van der Waals surface area contributed by atoms with Crippen LogP contribution >= 0.6 is 0 Å². The molecule has 3 aromatic heterocycles. The van der Waals surface area contributed by atoms with Gasteiger partial charge in [0.15, 0.2) is 5.65 Å². The van der Waals surface area contributed by atoms with E-state index in [2.05, 4.69) is 14.9 Å². The second-order valence-electron chi connectivity index (χ2n) is 6.11. The Morgan fingerprint density at radius 3 is 2.76 bits per heavy atom. The van der Waals surface area contributed by atoms with Crippen LogP contribution in [0.3, 0.4) is 0 Å². The lowest BCUT2D eigenvalue weighted by molar-refractivity contribution is 0.0995. The molecule has 0 bridgehead atoms. The highest BCUT2D eigenvalue weighted by Gasteiger charge is 2.19. The van der Waals surface area contributed by atoms with E-state index in [0.717, 1.165) is 43.1 Å². The fourth-order valence-corrected chi connectivity index (χ4v) is 3.04. The zero-order chi connectivity index (χ0) is 17.4. The monoisotopic (exact) mass is 338 g/mol. The summed E-state index contributed by atoms with van der Waals surface area (Å²) in [6.45, 7) is 1.56. The number of amides is 1. The molecule has 1 amide bonds. The lowest BCUT2D eigenvalue weighted by atomic mass is 10.1. The molecule has 0 aliphatic carbocycles. The van der Waals surface area contributed by atoms with Crippen molar-refractivity contribution in [3.63, 3.8) is 0 Å². The highest BCUT2D eigenvalue weighted by molar-refractivity contribution is 5.90. The number of piperidine rings is 1. The predicted molar refractivity (Wildman–Crippen MR) is 92.2 cm³/mol. The molecule has 1 aliphatic rings. The van der Waals surface area contributed by atoms with Gasteiger partial charge in [-0.2, -0.15) is 0 Å². The number of aliphatic hydroxyl groups is 1. The molecular formula is C17H18N6O2. The molecular weight excluding hydrogens is 320 g/mol. The number of nitrogens with zero attached hydrogens (tertiary/aromatic N) is 5. The van der Waals surface area contributed by atoms with Crippen LogP contribution in [0.2, 0.25) is 0 Å². The van der Waals surface area contributed by atoms with E-state index in [0.29, 0.717) is 5.65 Å². The Morgan fingerprint density at radius 1 is 1.20 bits per heavy atom. The maximum Gasteiger partial charge on any atom is 0.268 e. The molecule has 0 spiro atoms. The smallest absolute Gasteiger partial charge is 0.268 e. The molecule has 8 heteroatoms. The van der Waals surface area contributed by atoms with Crippen molar-refractivity contribution >= 4 is 17.4 Å². The SMILES string of the molecule is NC(=O)c1cn2c(-c3cccc(N4CCC(O)CC4)n3)cnc2cn1. The number of anilines is 1. The van der Waals surface area contributed by atoms with Gasteiger partial charge in [0.2, 0.25) is 0 Å². The second kappa shape index (κ2) is 6.14. The summed E-state index contributed by atoms with van der Waals surface area (Å²) in [5.41, 5.74) is 7.62. The Bertz CT molecular complexity index is 930. The van der Waals surface area contributed by atoms with Crippen LogP contribution in [-0.4, -0.2) is 49.6 Å². The van der Waals surface area contributed by atoms with Crippen LogP contribution in [0.15, 0.2) is 36.8 Å². The molecule has 3 aromatic rings. The van der Waals surface area contributed by atoms with Crippen LogP contribution in [0.5, 0.6) is 0 Å². The third-order valence-corrected chi connectivity index (χ3v) is 4.43. The molecule has 8 nitrogen and oxygen atoms in total. The van der Waals surface area contributed by atoms with Gasteiger partial charge < -0.3 is 15.7 Å². The topological polar surface area (TPSA) is 110 Å². The van der Waals surface area contributed by atoms with Crippen molar-refractivity contribution in [3.8, 4) is 11.4 Å². The summed E-state index contributed by atoms with van der Waals surface area (Å²) in [7, 11) is 0. The number of carbonyl (C=O) groups is 1. The maximum absolute atomic E-state index is 11.4. The number of imidazole rings is 1. The maximum atomic E-state index is 11.4. The van der Waals surface area contributed by atoms with Crippen molar-refractivity contribution in [1.29, 1.82) is 0 Å². The van der Waals surface area contributed by atoms with Gasteiger partial charge in [0, 0.05) is 19.3 Å². The number of hydrogen-bond acceptors (Lipinski definition) is 6. The number of hydrogen-bond donors (Lipinski definition) is 2. The molecule has 0 aromatic carbocycles. The summed E-state index contributed by atoms with van der Waals surface area (Å²) in [4.78, 5) is 26.6. The predicted octanol–water partition coefficient (Wildman–Crippen LogP) is 0.851. The van der Waals surface area contributed by atoms with Crippen molar-refractivity contribution in [2.75, 3.05) is 18.0 Å². The standard InChI is InChI=1S/C17H18N6O2/c18-17(25)13-10-23-14(8-20-16(23)9-19-13)12-2-1-3-15(21-12)22-6-4-11(24)5-7-22/h1-3,8-11,24H,4-7H2,(H2,18,25). The van der Waals surface area contributed by atoms with Crippen molar-refractivity contribution in [1.82, 2.24) is 19.4 Å². The minimum Gasteiger partial charge on any atom is -0.393 e. The summed E-state index contributed by atoms with van der Waals surface area (Å²) in [5.74, 6) is 0.277. The van der Waals surface area contributed by atoms with Crippen LogP contribution in [0.25, 0.3) is 17.0 Å². The van der Waals surface area contributed by atoms with Gasteiger partial charge in [-0.3, -0.25) is 9.20 Å². The lowest BCUT2D eigenvalue weighted by Crippen LogP contribution is -2.36. The highest BCUT2D eigenvalue weighted by Crippen LogP contribution is 2.24. The molecule has 0 saturated carbocycles. The number of primary amides is 1. The van der Waals surface area contributed by atoms with Crippen LogP contribution in [0.1, 0.15) is 23.3 Å². The minimum atomic E-state index is -0.588. The molecule has 1 aliphatic heterocycles. The number of aromatic nitrogens is 4. The molecule has 4 rings (SSSR count). The summed E-state index contributed by atoms with van der Waals surface area (Å²) in [6.07, 6.45) is 6.06. The molecule has 0 unspecified atom stereocenters. The van der Waals surface area contributed by atoms with Crippen molar-refractivity contribution in [2.24, 2.45) is 5.73 Å². The molecule has 0 radical (unpaired) electrons. The molecule has 1 saturated heterocycles. The number of fused-ring (bicyclic) bond motifs is 1. The van der Waals surface area contributed by atoms with Gasteiger partial charge in [-0.25, -0.2) is 15.0 Å². The summed E-state index contributed by atoms with van der Waals surface area (Å²) < 4.78 is 1.76. The van der Waals surface area contributed by atoms with E-state index in [1.807, 2.05) is 18.2 Å². The third kappa shape index (κ3) is 2.91. The van der Waals surface area contributed by atoms with Gasteiger partial charge in [-0.05, 0) is 25.0 Å². The number of aliphatic hydroxyl groups excluding tert-OH is 1. The number of nitrogens with two attached hydrogens (primary N) is 1. The van der Waals surface area contributed by atoms with Crippen molar-refractivity contribution in [3.05, 3.63) is 42.5 Å². The third-order valence-electron chi connectivity index (χ3n) is 4.43. The number of carbonyl (C=O) groups excluding carboxylic acids is 1. The van der Waals surface area contributed by atoms with E-state index in [1.165, 1.54) is 6.20 Å². The molecule has 1 fully saturated rings. The minimum absolute atomic E-state index is 0.174. The average Bonchev–Trinajstić information content (AvgIpc) is 3.05. The number of rotatable bonds is 3. The first-order valence-corrected chi connectivity index (χ1v) is 8.15. The Morgan fingerprint density at radius 2 is 2.00 bits per heavy atom. The second-order valence-corrected chi connectivity index (χ2v) is 6.11. The fraction of sp³-hybridized carbons (Fsp3) is 0.294. The van der Waals surface area contributed by atoms with Crippen molar-refractivity contribution in [2.45, 2.75) is 18.9 Å². The largest absolute Gasteiger partial charge is 0.393 e. The molecule has 3 N–H and O–H groups in total. The number of pyridine rings is 1. The van der Waals surface area contributed by atoms with Gasteiger partial charge in [0.05, 0.1) is 29.9 Å². The highest BCUT2D eigenvalue weighted by atomic mass is 16.3. The normalized spacial score (nSPS) is 15.6. The Balaban J connectivity index is 1.72. The van der Waals surface area contributed by atoms with E-state index < -0.39 is 5.91 Å². The molecule has 25 heavy (non-hydrogen) atoms. The Kier molecular flexibility index (Phi) is 3.81. The first-order valence-electron chi connectivity index (χ1n) is 8.15. The lowest BCUT2D eigenvalue weighted by Gasteiger charge is -2.30. The van der Waals surface area contributed by atoms with Gasteiger partial charge >= 0.3 is 0 Å². The van der Waals surface area contributed by atoms with E-state index >= 15 is 0 Å². The van der Waals surface area contributed by atoms with Gasteiger partial charge in [0.25, 0.3) is 5.91 Å². The van der Waals surface area contributed by atoms with Gasteiger partial charge in [0.1, 0.15) is 11.5 Å². The van der Waals surface area contributed by atoms with E-state index in [-0.39, 0.29) is 11.8 Å². The first-order chi connectivity index (χ1) is 12.1. The van der Waals surface area contributed by atoms with Crippen molar-refractivity contribution < 1.29 is 9.90 Å². The summed E-state index contributed by atoms with van der Waals surface area (Å²) in [5, 5.41) is 9.67. The van der Waals surface area contributed by atoms with E-state index in [4.69, 9.17) is 10.7 Å². The van der Waals surface area contributed by atoms with Crippen LogP contribution in [-0.2, 0) is 0 Å². The average molecular weight is 338 g/mol. The zero-order valence-electron chi connectivity index (χ0n) is 13.5. The summed E-state index contributed by atoms with van der Waals surface area (Å²) >= 11 is 0. The van der Waals surface area contributed by atoms with E-state index in [1.54, 1.807) is 16.8 Å². The summed E-state index contributed by atoms with van der Waals surface area (Å²) in [6, 6.07) is 5.80. The molecule has 4 heterocycles. The fourth-order valence-electron chi connectivity index (χ4n) is 3.04. The quantitative estimate of drug-likeness (QED) is 0.733. The van der Waals surface area contributed by atoms with E-state index in [9.17, 15) is 9.90 Å².